The zero-order chi connectivity index (χ0) is 22.0. The molecule has 0 atom stereocenters. The van der Waals surface area contributed by atoms with Gasteiger partial charge in [0.25, 0.3) is 0 Å². The summed E-state index contributed by atoms with van der Waals surface area (Å²) < 4.78 is 41.9. The number of nitrogens with one attached hydrogen (secondary N) is 2. The van der Waals surface area contributed by atoms with Crippen LogP contribution in [0.4, 0.5) is 4.39 Å². The molecule has 0 amide bonds. The van der Waals surface area contributed by atoms with Gasteiger partial charge in [0.05, 0.1) is 18.0 Å². The van der Waals surface area contributed by atoms with Crippen molar-refractivity contribution in [2.45, 2.75) is 38.1 Å². The third-order valence-corrected chi connectivity index (χ3v) is 5.61. The van der Waals surface area contributed by atoms with E-state index >= 15 is 0 Å². The molecule has 0 aliphatic heterocycles. The standard InChI is InChI=1S/C22H30FN3O3S/c1-4-24-22(25-13-5-6-14-29-20-10-8-19(23)9-11-20)26-16-18-7-12-21(17(2)15-18)30(3,27)28/h7-12,15H,4-6,13-14,16H2,1-3H3,(H2,24,25,26). The first-order valence-electron chi connectivity index (χ1n) is 9.99. The quantitative estimate of drug-likeness (QED) is 0.339. The molecule has 0 fully saturated rings. The number of benzene rings is 2. The van der Waals surface area contributed by atoms with Gasteiger partial charge >= 0.3 is 0 Å². The van der Waals surface area contributed by atoms with Crippen molar-refractivity contribution in [2.75, 3.05) is 26.0 Å². The lowest BCUT2D eigenvalue weighted by molar-refractivity contribution is 0.306. The Bertz CT molecular complexity index is 945. The van der Waals surface area contributed by atoms with E-state index in [1.807, 2.05) is 13.0 Å². The van der Waals surface area contributed by atoms with Crippen molar-refractivity contribution in [1.29, 1.82) is 0 Å². The molecular formula is C22H30FN3O3S. The molecule has 2 aromatic carbocycles. The fourth-order valence-electron chi connectivity index (χ4n) is 2.89. The lowest BCUT2D eigenvalue weighted by Gasteiger charge is -2.12. The Hall–Kier alpha value is -2.61. The molecule has 8 heteroatoms. The molecule has 0 aliphatic carbocycles. The van der Waals surface area contributed by atoms with Gasteiger partial charge in [-0.15, -0.1) is 0 Å². The maximum atomic E-state index is 12.9. The summed E-state index contributed by atoms with van der Waals surface area (Å²) in [6.07, 6.45) is 2.97. The number of halogens is 1. The summed E-state index contributed by atoms with van der Waals surface area (Å²) in [4.78, 5) is 4.92. The van der Waals surface area contributed by atoms with Gasteiger partial charge in [0, 0.05) is 19.3 Å². The minimum absolute atomic E-state index is 0.275. The highest BCUT2D eigenvalue weighted by atomic mass is 32.2. The van der Waals surface area contributed by atoms with Crippen LogP contribution in [0.25, 0.3) is 0 Å². The van der Waals surface area contributed by atoms with Crippen LogP contribution in [0.5, 0.6) is 5.75 Å². The second-order valence-electron chi connectivity index (χ2n) is 7.00. The maximum absolute atomic E-state index is 12.9. The molecule has 0 aliphatic rings. The number of aryl methyl sites for hydroxylation is 1. The molecule has 2 rings (SSSR count). The second-order valence-corrected chi connectivity index (χ2v) is 8.99. The van der Waals surface area contributed by atoms with Crippen LogP contribution in [0.2, 0.25) is 0 Å². The number of aliphatic imine (C=N–C) groups is 1. The summed E-state index contributed by atoms with van der Waals surface area (Å²) in [5.41, 5.74) is 1.68. The highest BCUT2D eigenvalue weighted by molar-refractivity contribution is 7.90. The molecule has 0 heterocycles. The van der Waals surface area contributed by atoms with Gasteiger partial charge in [-0.25, -0.2) is 17.8 Å². The molecule has 0 radical (unpaired) electrons. The zero-order valence-corrected chi connectivity index (χ0v) is 18.6. The van der Waals surface area contributed by atoms with Crippen LogP contribution >= 0.6 is 0 Å². The van der Waals surface area contributed by atoms with E-state index in [0.29, 0.717) is 29.8 Å². The van der Waals surface area contributed by atoms with E-state index in [1.54, 1.807) is 31.2 Å². The van der Waals surface area contributed by atoms with Crippen LogP contribution in [0.15, 0.2) is 52.4 Å². The Kier molecular flexibility index (Phi) is 9.11. The molecule has 2 N–H and O–H groups in total. The van der Waals surface area contributed by atoms with Gasteiger partial charge in [0.15, 0.2) is 15.8 Å². The first-order chi connectivity index (χ1) is 14.3. The van der Waals surface area contributed by atoms with Crippen molar-refractivity contribution < 1.29 is 17.5 Å². The van der Waals surface area contributed by atoms with Gasteiger partial charge in [-0.1, -0.05) is 12.1 Å². The summed E-state index contributed by atoms with van der Waals surface area (Å²) in [5.74, 6) is 1.10. The fraction of sp³-hybridized carbons (Fsp3) is 0.409. The van der Waals surface area contributed by atoms with E-state index in [9.17, 15) is 12.8 Å². The van der Waals surface area contributed by atoms with E-state index in [1.165, 1.54) is 18.4 Å². The average Bonchev–Trinajstić information content (AvgIpc) is 2.69. The van der Waals surface area contributed by atoms with E-state index < -0.39 is 9.84 Å². The van der Waals surface area contributed by atoms with Crippen LogP contribution in [-0.4, -0.2) is 40.3 Å². The highest BCUT2D eigenvalue weighted by Gasteiger charge is 2.10. The summed E-state index contributed by atoms with van der Waals surface area (Å²) in [6, 6.07) is 11.3. The van der Waals surface area contributed by atoms with E-state index in [4.69, 9.17) is 4.74 Å². The number of hydrogen-bond acceptors (Lipinski definition) is 4. The molecule has 0 spiro atoms. The predicted octanol–water partition coefficient (Wildman–Crippen LogP) is 3.45. The SMILES string of the molecule is CCNC(=NCc1ccc(S(C)(=O)=O)c(C)c1)NCCCCOc1ccc(F)cc1. The summed E-state index contributed by atoms with van der Waals surface area (Å²) in [5, 5.41) is 6.49. The van der Waals surface area contributed by atoms with E-state index in [2.05, 4.69) is 15.6 Å². The Morgan fingerprint density at radius 3 is 2.47 bits per heavy atom. The number of guanidine groups is 1. The number of ether oxygens (including phenoxy) is 1. The lowest BCUT2D eigenvalue weighted by Crippen LogP contribution is -2.37. The number of sulfone groups is 1. The van der Waals surface area contributed by atoms with Crippen molar-refractivity contribution in [3.63, 3.8) is 0 Å². The molecule has 0 aromatic heterocycles. The smallest absolute Gasteiger partial charge is 0.191 e. The summed E-state index contributed by atoms with van der Waals surface area (Å²) >= 11 is 0. The molecule has 0 saturated carbocycles. The van der Waals surface area contributed by atoms with Crippen LogP contribution in [0, 0.1) is 12.7 Å². The number of nitrogens with zero attached hydrogens (tertiary/aromatic N) is 1. The molecule has 0 bridgehead atoms. The third kappa shape index (κ3) is 8.02. The van der Waals surface area contributed by atoms with E-state index in [-0.39, 0.29) is 5.82 Å². The van der Waals surface area contributed by atoms with Crippen LogP contribution < -0.4 is 15.4 Å². The Morgan fingerprint density at radius 2 is 1.83 bits per heavy atom. The van der Waals surface area contributed by atoms with Gasteiger partial charge in [0.1, 0.15) is 11.6 Å². The normalized spacial score (nSPS) is 11.9. The van der Waals surface area contributed by atoms with Crippen LogP contribution in [-0.2, 0) is 16.4 Å². The monoisotopic (exact) mass is 435 g/mol. The Balaban J connectivity index is 1.78. The van der Waals surface area contributed by atoms with Crippen LogP contribution in [0.1, 0.15) is 30.9 Å². The van der Waals surface area contributed by atoms with Gasteiger partial charge in [0.2, 0.25) is 0 Å². The molecule has 164 valence electrons. The van der Waals surface area contributed by atoms with Crippen molar-refractivity contribution >= 4 is 15.8 Å². The molecule has 2 aromatic rings. The maximum Gasteiger partial charge on any atom is 0.191 e. The predicted molar refractivity (Wildman–Crippen MR) is 118 cm³/mol. The first-order valence-corrected chi connectivity index (χ1v) is 11.9. The Morgan fingerprint density at radius 1 is 1.10 bits per heavy atom. The van der Waals surface area contributed by atoms with Crippen molar-refractivity contribution in [3.8, 4) is 5.75 Å². The second kappa shape index (κ2) is 11.5. The van der Waals surface area contributed by atoms with E-state index in [0.717, 1.165) is 37.1 Å². The summed E-state index contributed by atoms with van der Waals surface area (Å²) in [7, 11) is -3.22. The topological polar surface area (TPSA) is 79.8 Å². The number of unbranched alkanes of at least 4 members (excludes halogenated alkanes) is 1. The van der Waals surface area contributed by atoms with Gasteiger partial charge in [-0.3, -0.25) is 0 Å². The molecule has 0 unspecified atom stereocenters. The molecule has 30 heavy (non-hydrogen) atoms. The van der Waals surface area contributed by atoms with Gasteiger partial charge in [-0.05, 0) is 68.1 Å². The fourth-order valence-corrected chi connectivity index (χ4v) is 3.85. The summed E-state index contributed by atoms with van der Waals surface area (Å²) in [6.45, 7) is 6.29. The largest absolute Gasteiger partial charge is 0.494 e. The lowest BCUT2D eigenvalue weighted by atomic mass is 10.1. The zero-order valence-electron chi connectivity index (χ0n) is 17.7. The van der Waals surface area contributed by atoms with Gasteiger partial charge < -0.3 is 15.4 Å². The molecule has 6 nitrogen and oxygen atoms in total. The van der Waals surface area contributed by atoms with Gasteiger partial charge in [-0.2, -0.15) is 0 Å². The molecular weight excluding hydrogens is 405 g/mol. The molecule has 0 saturated heterocycles. The minimum atomic E-state index is -3.22. The minimum Gasteiger partial charge on any atom is -0.494 e. The van der Waals surface area contributed by atoms with Crippen molar-refractivity contribution in [3.05, 3.63) is 59.4 Å². The number of rotatable bonds is 10. The Labute approximate surface area is 178 Å². The van der Waals surface area contributed by atoms with Crippen molar-refractivity contribution in [2.24, 2.45) is 4.99 Å². The first kappa shape index (κ1) is 23.7. The highest BCUT2D eigenvalue weighted by Crippen LogP contribution is 2.17. The number of hydrogen-bond donors (Lipinski definition) is 2. The average molecular weight is 436 g/mol. The van der Waals surface area contributed by atoms with Crippen molar-refractivity contribution in [1.82, 2.24) is 10.6 Å². The van der Waals surface area contributed by atoms with Crippen LogP contribution in [0.3, 0.4) is 0 Å². The third-order valence-electron chi connectivity index (χ3n) is 4.35.